The van der Waals surface area contributed by atoms with Crippen molar-refractivity contribution in [3.8, 4) is 5.75 Å². The van der Waals surface area contributed by atoms with E-state index in [0.29, 0.717) is 12.6 Å². The maximum Gasteiger partial charge on any atom is 0.133 e. The summed E-state index contributed by atoms with van der Waals surface area (Å²) in [6.07, 6.45) is -0.0714. The van der Waals surface area contributed by atoms with Crippen LogP contribution < -0.4 is 4.74 Å². The van der Waals surface area contributed by atoms with Crippen molar-refractivity contribution in [3.05, 3.63) is 28.2 Å². The van der Waals surface area contributed by atoms with Crippen LogP contribution in [0.3, 0.4) is 0 Å². The van der Waals surface area contributed by atoms with Crippen LogP contribution in [0.2, 0.25) is 0 Å². The van der Waals surface area contributed by atoms with E-state index in [1.54, 1.807) is 7.11 Å². The summed E-state index contributed by atoms with van der Waals surface area (Å²) in [7, 11) is 1.66. The second kappa shape index (κ2) is 6.70. The Morgan fingerprint density at radius 1 is 1.53 bits per heavy atom. The fourth-order valence-corrected chi connectivity index (χ4v) is 2.84. The number of nitrogens with zero attached hydrogens (tertiary/aromatic N) is 1. The highest BCUT2D eigenvalue weighted by molar-refractivity contribution is 9.10. The van der Waals surface area contributed by atoms with Gasteiger partial charge in [-0.15, -0.1) is 0 Å². The van der Waals surface area contributed by atoms with Crippen LogP contribution in [0.25, 0.3) is 0 Å². The molecule has 0 saturated carbocycles. The van der Waals surface area contributed by atoms with Crippen LogP contribution in [0, 0.1) is 0 Å². The van der Waals surface area contributed by atoms with E-state index in [1.807, 2.05) is 6.07 Å². The number of methoxy groups -OCH3 is 1. The van der Waals surface area contributed by atoms with E-state index in [9.17, 15) is 5.11 Å². The molecule has 1 N–H and O–H groups in total. The maximum absolute atomic E-state index is 9.20. The predicted molar refractivity (Wildman–Crippen MR) is 77.4 cm³/mol. The molecule has 2 atom stereocenters. The number of morpholine rings is 1. The van der Waals surface area contributed by atoms with Crippen molar-refractivity contribution >= 4 is 15.9 Å². The lowest BCUT2D eigenvalue weighted by Gasteiger charge is -2.37. The van der Waals surface area contributed by atoms with Crippen LogP contribution in [0.4, 0.5) is 0 Å². The van der Waals surface area contributed by atoms with Gasteiger partial charge >= 0.3 is 0 Å². The van der Waals surface area contributed by atoms with E-state index < -0.39 is 0 Å². The van der Waals surface area contributed by atoms with Crippen molar-refractivity contribution in [1.29, 1.82) is 0 Å². The highest BCUT2D eigenvalue weighted by Crippen LogP contribution is 2.26. The first-order valence-corrected chi connectivity index (χ1v) is 7.22. The van der Waals surface area contributed by atoms with E-state index in [4.69, 9.17) is 9.47 Å². The average molecular weight is 330 g/mol. The quantitative estimate of drug-likeness (QED) is 0.917. The van der Waals surface area contributed by atoms with Gasteiger partial charge in [-0.05, 0) is 40.5 Å². The zero-order chi connectivity index (χ0) is 13.8. The number of ether oxygens (including phenoxy) is 2. The third-order valence-electron chi connectivity index (χ3n) is 3.44. The first-order valence-electron chi connectivity index (χ1n) is 6.43. The highest BCUT2D eigenvalue weighted by Gasteiger charge is 2.25. The molecule has 1 fully saturated rings. The van der Waals surface area contributed by atoms with Gasteiger partial charge in [-0.3, -0.25) is 4.90 Å². The number of benzene rings is 1. The predicted octanol–water partition coefficient (Wildman–Crippen LogP) is 2.04. The van der Waals surface area contributed by atoms with Crippen LogP contribution >= 0.6 is 15.9 Å². The Bertz CT molecular complexity index is 427. The van der Waals surface area contributed by atoms with Crippen molar-refractivity contribution in [2.75, 3.05) is 26.9 Å². The number of rotatable bonds is 4. The van der Waals surface area contributed by atoms with Crippen molar-refractivity contribution in [1.82, 2.24) is 4.90 Å². The Hall–Kier alpha value is -0.620. The van der Waals surface area contributed by atoms with Crippen LogP contribution in [0.15, 0.2) is 22.7 Å². The SMILES string of the molecule is COc1ccc(CN2CC(CO)OCC2C)cc1Br. The molecule has 19 heavy (non-hydrogen) atoms. The van der Waals surface area contributed by atoms with Gasteiger partial charge < -0.3 is 14.6 Å². The summed E-state index contributed by atoms with van der Waals surface area (Å²) in [6, 6.07) is 6.48. The molecule has 1 aromatic carbocycles. The summed E-state index contributed by atoms with van der Waals surface area (Å²) in [6.45, 7) is 4.51. The first kappa shape index (κ1) is 14.8. The molecular formula is C14H20BrNO3. The van der Waals surface area contributed by atoms with Crippen LogP contribution in [-0.2, 0) is 11.3 Å². The second-order valence-corrected chi connectivity index (χ2v) is 5.74. The lowest BCUT2D eigenvalue weighted by atomic mass is 10.1. The van der Waals surface area contributed by atoms with Gasteiger partial charge in [0, 0.05) is 19.1 Å². The van der Waals surface area contributed by atoms with E-state index in [1.165, 1.54) is 5.56 Å². The molecule has 1 aromatic rings. The largest absolute Gasteiger partial charge is 0.496 e. The Labute approximate surface area is 122 Å². The van der Waals surface area contributed by atoms with Gasteiger partial charge in [0.2, 0.25) is 0 Å². The lowest BCUT2D eigenvalue weighted by molar-refractivity contribution is -0.0805. The van der Waals surface area contributed by atoms with Crippen LogP contribution in [0.5, 0.6) is 5.75 Å². The zero-order valence-corrected chi connectivity index (χ0v) is 12.9. The minimum atomic E-state index is -0.0714. The lowest BCUT2D eigenvalue weighted by Crippen LogP contribution is -2.48. The molecule has 0 radical (unpaired) electrons. The molecule has 0 aromatic heterocycles. The summed E-state index contributed by atoms with van der Waals surface area (Å²) >= 11 is 3.50. The molecule has 0 aliphatic carbocycles. The van der Waals surface area contributed by atoms with E-state index in [0.717, 1.165) is 23.3 Å². The number of hydrogen-bond donors (Lipinski definition) is 1. The van der Waals surface area contributed by atoms with Crippen molar-refractivity contribution in [2.45, 2.75) is 25.6 Å². The number of halogens is 1. The van der Waals surface area contributed by atoms with E-state index >= 15 is 0 Å². The molecule has 0 spiro atoms. The standard InChI is InChI=1S/C14H20BrNO3/c1-10-9-19-12(8-17)7-16(10)6-11-3-4-14(18-2)13(15)5-11/h3-5,10,12,17H,6-9H2,1-2H3. The fraction of sp³-hybridized carbons (Fsp3) is 0.571. The van der Waals surface area contributed by atoms with Gasteiger partial charge in [0.15, 0.2) is 0 Å². The Balaban J connectivity index is 2.05. The van der Waals surface area contributed by atoms with Crippen LogP contribution in [0.1, 0.15) is 12.5 Å². The third-order valence-corrected chi connectivity index (χ3v) is 4.06. The van der Waals surface area contributed by atoms with Crippen molar-refractivity contribution in [2.24, 2.45) is 0 Å². The maximum atomic E-state index is 9.20. The van der Waals surface area contributed by atoms with E-state index in [2.05, 4.69) is 39.9 Å². The molecule has 1 saturated heterocycles. The van der Waals surface area contributed by atoms with Gasteiger partial charge in [0.25, 0.3) is 0 Å². The number of aliphatic hydroxyl groups is 1. The Morgan fingerprint density at radius 2 is 2.32 bits per heavy atom. The molecule has 0 amide bonds. The van der Waals surface area contributed by atoms with Crippen molar-refractivity contribution < 1.29 is 14.6 Å². The third kappa shape index (κ3) is 3.69. The fourth-order valence-electron chi connectivity index (χ4n) is 2.25. The van der Waals surface area contributed by atoms with Gasteiger partial charge in [-0.1, -0.05) is 6.07 Å². The summed E-state index contributed by atoms with van der Waals surface area (Å²) in [5, 5.41) is 9.20. The molecule has 5 heteroatoms. The molecule has 1 heterocycles. The molecule has 2 rings (SSSR count). The van der Waals surface area contributed by atoms with Gasteiger partial charge in [0.1, 0.15) is 5.75 Å². The monoisotopic (exact) mass is 329 g/mol. The van der Waals surface area contributed by atoms with Gasteiger partial charge in [0.05, 0.1) is 30.9 Å². The first-order chi connectivity index (χ1) is 9.13. The molecule has 1 aliphatic rings. The Kier molecular flexibility index (Phi) is 5.21. The highest BCUT2D eigenvalue weighted by atomic mass is 79.9. The summed E-state index contributed by atoms with van der Waals surface area (Å²) in [4.78, 5) is 2.33. The van der Waals surface area contributed by atoms with E-state index in [-0.39, 0.29) is 12.7 Å². The minimum absolute atomic E-state index is 0.0714. The molecule has 4 nitrogen and oxygen atoms in total. The number of hydrogen-bond acceptors (Lipinski definition) is 4. The molecule has 1 aliphatic heterocycles. The second-order valence-electron chi connectivity index (χ2n) is 4.89. The van der Waals surface area contributed by atoms with Crippen LogP contribution in [-0.4, -0.2) is 49.0 Å². The summed E-state index contributed by atoms with van der Waals surface area (Å²) in [5.41, 5.74) is 1.22. The molecule has 2 unspecified atom stereocenters. The average Bonchev–Trinajstić information content (AvgIpc) is 2.41. The normalized spacial score (nSPS) is 24.4. The minimum Gasteiger partial charge on any atom is -0.496 e. The topological polar surface area (TPSA) is 41.9 Å². The van der Waals surface area contributed by atoms with Gasteiger partial charge in [-0.25, -0.2) is 0 Å². The number of aliphatic hydroxyl groups excluding tert-OH is 1. The smallest absolute Gasteiger partial charge is 0.133 e. The van der Waals surface area contributed by atoms with Gasteiger partial charge in [-0.2, -0.15) is 0 Å². The van der Waals surface area contributed by atoms with Crippen molar-refractivity contribution in [3.63, 3.8) is 0 Å². The molecule has 106 valence electrons. The molecular weight excluding hydrogens is 310 g/mol. The Morgan fingerprint density at radius 3 is 2.95 bits per heavy atom. The summed E-state index contributed by atoms with van der Waals surface area (Å²) in [5.74, 6) is 0.840. The summed E-state index contributed by atoms with van der Waals surface area (Å²) < 4.78 is 11.7. The molecule has 0 bridgehead atoms. The zero-order valence-electron chi connectivity index (χ0n) is 11.3.